The summed E-state index contributed by atoms with van der Waals surface area (Å²) < 4.78 is 2.13. The second-order valence-corrected chi connectivity index (χ2v) is 5.91. The molecule has 1 heterocycles. The largest absolute Gasteiger partial charge is 0.346 e. The smallest absolute Gasteiger partial charge is 0.189 e. The van der Waals surface area contributed by atoms with Gasteiger partial charge in [0.2, 0.25) is 0 Å². The van der Waals surface area contributed by atoms with E-state index in [4.69, 9.17) is 5.73 Å². The van der Waals surface area contributed by atoms with Gasteiger partial charge in [0.25, 0.3) is 0 Å². The summed E-state index contributed by atoms with van der Waals surface area (Å²) in [6.45, 7) is 0.797. The number of hydrogen-bond donors (Lipinski definition) is 1. The summed E-state index contributed by atoms with van der Waals surface area (Å²) in [5, 5.41) is 0.783. The number of rotatable bonds is 3. The first-order chi connectivity index (χ1) is 9.75. The van der Waals surface area contributed by atoms with Crippen molar-refractivity contribution in [2.75, 3.05) is 0 Å². The monoisotopic (exact) mass is 270 g/mol. The lowest BCUT2D eigenvalue weighted by molar-refractivity contribution is 0.286. The molecule has 1 unspecified atom stereocenters. The zero-order valence-electron chi connectivity index (χ0n) is 11.8. The van der Waals surface area contributed by atoms with Crippen molar-refractivity contribution in [1.82, 2.24) is 4.57 Å². The van der Waals surface area contributed by atoms with Gasteiger partial charge in [-0.1, -0.05) is 31.4 Å². The Hall–Kier alpha value is -1.61. The van der Waals surface area contributed by atoms with E-state index in [1.807, 2.05) is 30.5 Å². The Morgan fingerprint density at radius 3 is 2.70 bits per heavy atom. The van der Waals surface area contributed by atoms with Crippen LogP contribution >= 0.6 is 0 Å². The van der Waals surface area contributed by atoms with Gasteiger partial charge >= 0.3 is 0 Å². The van der Waals surface area contributed by atoms with Crippen LogP contribution in [0, 0.1) is 5.92 Å². The van der Waals surface area contributed by atoms with Crippen LogP contribution in [0.3, 0.4) is 0 Å². The molecule has 0 bridgehead atoms. The van der Waals surface area contributed by atoms with Crippen molar-refractivity contribution in [3.63, 3.8) is 0 Å². The minimum absolute atomic E-state index is 0.0862. The number of hydrogen-bond acceptors (Lipinski definition) is 2. The molecular weight excluding hydrogens is 248 g/mol. The minimum Gasteiger partial charge on any atom is -0.346 e. The van der Waals surface area contributed by atoms with E-state index in [0.29, 0.717) is 5.92 Å². The molecule has 0 aliphatic heterocycles. The first-order valence-corrected chi connectivity index (χ1v) is 7.59. The Morgan fingerprint density at radius 1 is 1.15 bits per heavy atom. The third-order valence-electron chi connectivity index (χ3n) is 4.55. The minimum atomic E-state index is 0.0862. The van der Waals surface area contributed by atoms with Crippen molar-refractivity contribution >= 4 is 10.9 Å². The van der Waals surface area contributed by atoms with Crippen LogP contribution in [0.15, 0.2) is 41.3 Å². The summed E-state index contributed by atoms with van der Waals surface area (Å²) in [6.07, 6.45) is 8.35. The Morgan fingerprint density at radius 2 is 1.90 bits per heavy atom. The second-order valence-electron chi connectivity index (χ2n) is 5.91. The standard InChI is InChI=1S/C17H22N2O/c18-15(13-6-2-1-3-7-13)12-19-11-10-17(20)14-8-4-5-9-16(14)19/h4-5,8-11,13,15H,1-3,6-7,12,18H2. The predicted octanol–water partition coefficient (Wildman–Crippen LogP) is 2.91. The lowest BCUT2D eigenvalue weighted by Gasteiger charge is -2.28. The lowest BCUT2D eigenvalue weighted by Crippen LogP contribution is -2.35. The number of para-hydroxylation sites is 1. The van der Waals surface area contributed by atoms with Gasteiger partial charge in [-0.25, -0.2) is 0 Å². The van der Waals surface area contributed by atoms with Crippen molar-refractivity contribution in [2.24, 2.45) is 11.7 Å². The van der Waals surface area contributed by atoms with Crippen LogP contribution in [0.25, 0.3) is 10.9 Å². The van der Waals surface area contributed by atoms with Crippen LogP contribution in [0.4, 0.5) is 0 Å². The van der Waals surface area contributed by atoms with E-state index in [0.717, 1.165) is 17.4 Å². The van der Waals surface area contributed by atoms with Gasteiger partial charge in [0.05, 0.1) is 5.52 Å². The molecule has 3 heteroatoms. The predicted molar refractivity (Wildman–Crippen MR) is 82.8 cm³/mol. The van der Waals surface area contributed by atoms with E-state index in [9.17, 15) is 4.79 Å². The number of pyridine rings is 1. The molecule has 1 aromatic heterocycles. The quantitative estimate of drug-likeness (QED) is 0.932. The maximum atomic E-state index is 11.9. The number of benzene rings is 1. The molecular formula is C17H22N2O. The summed E-state index contributed by atoms with van der Waals surface area (Å²) in [5.74, 6) is 0.627. The lowest BCUT2D eigenvalue weighted by atomic mass is 9.84. The van der Waals surface area contributed by atoms with E-state index >= 15 is 0 Å². The summed E-state index contributed by atoms with van der Waals surface area (Å²) in [4.78, 5) is 11.9. The van der Waals surface area contributed by atoms with E-state index in [2.05, 4.69) is 4.57 Å². The summed E-state index contributed by atoms with van der Waals surface area (Å²) in [6, 6.07) is 9.61. The molecule has 2 N–H and O–H groups in total. The summed E-state index contributed by atoms with van der Waals surface area (Å²) in [7, 11) is 0. The molecule has 1 fully saturated rings. The Kier molecular flexibility index (Phi) is 3.88. The molecule has 2 aromatic rings. The van der Waals surface area contributed by atoms with Crippen LogP contribution in [0.1, 0.15) is 32.1 Å². The van der Waals surface area contributed by atoms with Crippen LogP contribution in [0.2, 0.25) is 0 Å². The highest BCUT2D eigenvalue weighted by Crippen LogP contribution is 2.26. The molecule has 1 atom stereocenters. The molecule has 0 spiro atoms. The van der Waals surface area contributed by atoms with Gasteiger partial charge in [0, 0.05) is 30.2 Å². The van der Waals surface area contributed by atoms with Crippen molar-refractivity contribution in [1.29, 1.82) is 0 Å². The number of aromatic nitrogens is 1. The van der Waals surface area contributed by atoms with Crippen molar-refractivity contribution in [3.8, 4) is 0 Å². The van der Waals surface area contributed by atoms with E-state index in [1.165, 1.54) is 32.1 Å². The zero-order chi connectivity index (χ0) is 13.9. The molecule has 0 radical (unpaired) electrons. The highest BCUT2D eigenvalue weighted by Gasteiger charge is 2.20. The molecule has 0 amide bonds. The maximum absolute atomic E-state index is 11.9. The van der Waals surface area contributed by atoms with Gasteiger partial charge in [-0.15, -0.1) is 0 Å². The fraction of sp³-hybridized carbons (Fsp3) is 0.471. The van der Waals surface area contributed by atoms with Gasteiger partial charge in [-0.2, -0.15) is 0 Å². The van der Waals surface area contributed by atoms with Gasteiger partial charge < -0.3 is 10.3 Å². The average molecular weight is 270 g/mol. The molecule has 1 saturated carbocycles. The fourth-order valence-corrected chi connectivity index (χ4v) is 3.36. The van der Waals surface area contributed by atoms with Gasteiger partial charge in [-0.05, 0) is 30.9 Å². The average Bonchev–Trinajstić information content (AvgIpc) is 2.51. The second kappa shape index (κ2) is 5.80. The highest BCUT2D eigenvalue weighted by molar-refractivity contribution is 5.78. The maximum Gasteiger partial charge on any atom is 0.189 e. The number of nitrogens with zero attached hydrogens (tertiary/aromatic N) is 1. The third kappa shape index (κ3) is 2.63. The molecule has 1 aromatic carbocycles. The fourth-order valence-electron chi connectivity index (χ4n) is 3.36. The molecule has 3 nitrogen and oxygen atoms in total. The first kappa shape index (κ1) is 13.4. The zero-order valence-corrected chi connectivity index (χ0v) is 11.8. The van der Waals surface area contributed by atoms with Crippen LogP contribution in [-0.2, 0) is 6.54 Å². The molecule has 3 rings (SSSR count). The molecule has 1 aliphatic carbocycles. The Bertz CT molecular complexity index is 641. The van der Waals surface area contributed by atoms with Crippen molar-refractivity contribution in [2.45, 2.75) is 44.7 Å². The summed E-state index contributed by atoms with van der Waals surface area (Å²) >= 11 is 0. The topological polar surface area (TPSA) is 48.0 Å². The Labute approximate surface area is 119 Å². The van der Waals surface area contributed by atoms with Gasteiger partial charge in [-0.3, -0.25) is 4.79 Å². The normalized spacial score (nSPS) is 18.2. The van der Waals surface area contributed by atoms with E-state index in [-0.39, 0.29) is 11.5 Å². The van der Waals surface area contributed by atoms with Crippen molar-refractivity contribution < 1.29 is 0 Å². The summed E-state index contributed by atoms with van der Waals surface area (Å²) in [5.41, 5.74) is 7.49. The molecule has 106 valence electrons. The number of nitrogens with two attached hydrogens (primary N) is 1. The SMILES string of the molecule is NC(Cn1ccc(=O)c2ccccc21)C1CCCCC1. The third-order valence-corrected chi connectivity index (χ3v) is 4.55. The Balaban J connectivity index is 1.87. The molecule has 20 heavy (non-hydrogen) atoms. The van der Waals surface area contributed by atoms with E-state index in [1.54, 1.807) is 6.07 Å². The van der Waals surface area contributed by atoms with E-state index < -0.39 is 0 Å². The van der Waals surface area contributed by atoms with Gasteiger partial charge in [0.15, 0.2) is 5.43 Å². The highest BCUT2D eigenvalue weighted by atomic mass is 16.1. The van der Waals surface area contributed by atoms with Crippen molar-refractivity contribution in [3.05, 3.63) is 46.8 Å². The number of fused-ring (bicyclic) bond motifs is 1. The first-order valence-electron chi connectivity index (χ1n) is 7.59. The molecule has 1 aliphatic rings. The van der Waals surface area contributed by atoms with Gasteiger partial charge in [0.1, 0.15) is 0 Å². The molecule has 0 saturated heterocycles. The van der Waals surface area contributed by atoms with Crippen LogP contribution in [0.5, 0.6) is 0 Å². The van der Waals surface area contributed by atoms with Crippen LogP contribution < -0.4 is 11.2 Å². The van der Waals surface area contributed by atoms with Crippen LogP contribution in [-0.4, -0.2) is 10.6 Å².